The second kappa shape index (κ2) is 14.2. The van der Waals surface area contributed by atoms with E-state index in [4.69, 9.17) is 15.0 Å². The molecule has 0 saturated carbocycles. The van der Waals surface area contributed by atoms with Crippen molar-refractivity contribution in [1.82, 2.24) is 24.1 Å². The summed E-state index contributed by atoms with van der Waals surface area (Å²) in [6.07, 6.45) is 0. The third-order valence-electron chi connectivity index (χ3n) is 12.4. The second-order valence-electron chi connectivity index (χ2n) is 16.0. The summed E-state index contributed by atoms with van der Waals surface area (Å²) in [5.41, 5.74) is 12.0. The van der Waals surface area contributed by atoms with Gasteiger partial charge in [-0.2, -0.15) is 9.97 Å². The van der Waals surface area contributed by atoms with Crippen LogP contribution < -0.4 is 0 Å². The van der Waals surface area contributed by atoms with Gasteiger partial charge in [0.25, 0.3) is 0 Å². The molecule has 0 fully saturated rings. The summed E-state index contributed by atoms with van der Waals surface area (Å²) >= 11 is 1.87. The summed E-state index contributed by atoms with van der Waals surface area (Å²) in [6, 6.07) is 75.7. The van der Waals surface area contributed by atoms with Crippen LogP contribution in [0.25, 0.3) is 120 Å². The SMILES string of the molecule is c1ccc(-c2nc(-c3ccccc3)nc(-n3c4ccccc4c4ccc(-c5c(-c6ccccc6)ccc6c7ccccc7n(-c7cccc8c7sc7ccccc78)c56)cc43)n2)cc1. The van der Waals surface area contributed by atoms with Gasteiger partial charge in [0.05, 0.1) is 32.5 Å². The summed E-state index contributed by atoms with van der Waals surface area (Å²) < 4.78 is 7.30. The van der Waals surface area contributed by atoms with E-state index in [1.54, 1.807) is 0 Å². The van der Waals surface area contributed by atoms with Gasteiger partial charge in [0.15, 0.2) is 11.6 Å². The van der Waals surface area contributed by atoms with E-state index in [1.807, 2.05) is 47.7 Å². The Hall–Kier alpha value is -8.19. The predicted octanol–water partition coefficient (Wildman–Crippen LogP) is 15.1. The van der Waals surface area contributed by atoms with Crippen LogP contribution in [0.1, 0.15) is 0 Å². The van der Waals surface area contributed by atoms with Gasteiger partial charge < -0.3 is 4.57 Å². The van der Waals surface area contributed by atoms with E-state index < -0.39 is 0 Å². The van der Waals surface area contributed by atoms with Crippen molar-refractivity contribution in [2.45, 2.75) is 0 Å². The Morgan fingerprint density at radius 1 is 0.349 bits per heavy atom. The molecule has 294 valence electrons. The molecule has 6 heteroatoms. The molecule has 0 unspecified atom stereocenters. The smallest absolute Gasteiger partial charge is 0.238 e. The number of para-hydroxylation sites is 2. The third kappa shape index (κ3) is 5.59. The molecule has 63 heavy (non-hydrogen) atoms. The van der Waals surface area contributed by atoms with Crippen molar-refractivity contribution in [2.75, 3.05) is 0 Å². The molecule has 0 atom stereocenters. The molecule has 0 N–H and O–H groups in total. The topological polar surface area (TPSA) is 48.5 Å². The van der Waals surface area contributed by atoms with Gasteiger partial charge in [0, 0.05) is 53.7 Å². The summed E-state index contributed by atoms with van der Waals surface area (Å²) in [6.45, 7) is 0. The standard InChI is InChI=1S/C57H35N5S/c1-4-17-36(18-5-1)40-33-34-45-42-24-11-13-27-47(42)61(49-29-16-26-46-44-25-12-15-30-51(44)63-54(46)49)53(45)52(40)39-31-32-43-41-23-10-14-28-48(41)62(50(43)35-39)57-59-55(37-19-6-2-7-20-37)58-56(60-57)38-21-8-3-9-22-38/h1-35H. The first-order valence-corrected chi connectivity index (χ1v) is 22.0. The quantitative estimate of drug-likeness (QED) is 0.168. The van der Waals surface area contributed by atoms with Crippen LogP contribution in [0.2, 0.25) is 0 Å². The fourth-order valence-corrected chi connectivity index (χ4v) is 10.8. The van der Waals surface area contributed by atoms with Gasteiger partial charge in [-0.05, 0) is 47.0 Å². The van der Waals surface area contributed by atoms with Gasteiger partial charge in [-0.1, -0.05) is 182 Å². The highest BCUT2D eigenvalue weighted by Crippen LogP contribution is 2.47. The Morgan fingerprint density at radius 2 is 0.889 bits per heavy atom. The minimum atomic E-state index is 0.568. The van der Waals surface area contributed by atoms with Gasteiger partial charge in [-0.15, -0.1) is 11.3 Å². The molecule has 13 rings (SSSR count). The fourth-order valence-electron chi connectivity index (χ4n) is 9.61. The molecular weight excluding hydrogens is 787 g/mol. The molecule has 0 spiro atoms. The molecule has 13 aromatic rings. The average Bonchev–Trinajstić information content (AvgIpc) is 4.02. The zero-order chi connectivity index (χ0) is 41.4. The Balaban J connectivity index is 1.15. The largest absolute Gasteiger partial charge is 0.307 e. The van der Waals surface area contributed by atoms with Crippen molar-refractivity contribution in [2.24, 2.45) is 0 Å². The molecule has 0 radical (unpaired) electrons. The summed E-state index contributed by atoms with van der Waals surface area (Å²) in [5, 5.41) is 7.24. The van der Waals surface area contributed by atoms with Crippen LogP contribution in [0.4, 0.5) is 0 Å². The van der Waals surface area contributed by atoms with Gasteiger partial charge in [0.2, 0.25) is 5.95 Å². The Bertz CT molecular complexity index is 3850. The first-order chi connectivity index (χ1) is 31.3. The Labute approximate surface area is 366 Å². The molecule has 9 aromatic carbocycles. The van der Waals surface area contributed by atoms with E-state index in [2.05, 4.69) is 185 Å². The van der Waals surface area contributed by atoms with Crippen LogP contribution in [0.3, 0.4) is 0 Å². The molecule has 0 aliphatic heterocycles. The maximum absolute atomic E-state index is 5.26. The number of hydrogen-bond donors (Lipinski definition) is 0. The maximum Gasteiger partial charge on any atom is 0.238 e. The Kier molecular flexibility index (Phi) is 8.01. The van der Waals surface area contributed by atoms with Crippen LogP contribution in [-0.4, -0.2) is 24.1 Å². The van der Waals surface area contributed by atoms with Crippen LogP contribution in [0.15, 0.2) is 212 Å². The van der Waals surface area contributed by atoms with E-state index in [0.29, 0.717) is 17.6 Å². The van der Waals surface area contributed by atoms with Crippen LogP contribution in [0, 0.1) is 0 Å². The molecular formula is C57H35N5S. The number of thiophene rings is 1. The second-order valence-corrected chi connectivity index (χ2v) is 17.0. The van der Waals surface area contributed by atoms with Crippen LogP contribution in [-0.2, 0) is 0 Å². The van der Waals surface area contributed by atoms with Crippen molar-refractivity contribution in [1.29, 1.82) is 0 Å². The van der Waals surface area contributed by atoms with Crippen molar-refractivity contribution in [3.05, 3.63) is 212 Å². The fraction of sp³-hybridized carbons (Fsp3) is 0. The minimum absolute atomic E-state index is 0.568. The number of fused-ring (bicyclic) bond motifs is 9. The van der Waals surface area contributed by atoms with Crippen molar-refractivity contribution in [3.63, 3.8) is 0 Å². The summed E-state index contributed by atoms with van der Waals surface area (Å²) in [4.78, 5) is 15.6. The lowest BCUT2D eigenvalue weighted by Crippen LogP contribution is -2.06. The van der Waals surface area contributed by atoms with Gasteiger partial charge in [-0.25, -0.2) is 4.98 Å². The first-order valence-electron chi connectivity index (χ1n) is 21.2. The number of aromatic nitrogens is 5. The molecule has 0 aliphatic carbocycles. The third-order valence-corrected chi connectivity index (χ3v) is 13.6. The highest BCUT2D eigenvalue weighted by atomic mass is 32.1. The van der Waals surface area contributed by atoms with E-state index in [9.17, 15) is 0 Å². The Morgan fingerprint density at radius 3 is 1.59 bits per heavy atom. The van der Waals surface area contributed by atoms with Crippen LogP contribution in [0.5, 0.6) is 0 Å². The predicted molar refractivity (Wildman–Crippen MR) is 263 cm³/mol. The zero-order valence-electron chi connectivity index (χ0n) is 33.9. The van der Waals surface area contributed by atoms with Crippen molar-refractivity contribution >= 4 is 75.1 Å². The van der Waals surface area contributed by atoms with Crippen molar-refractivity contribution < 1.29 is 0 Å². The zero-order valence-corrected chi connectivity index (χ0v) is 34.7. The minimum Gasteiger partial charge on any atom is -0.307 e. The first kappa shape index (κ1) is 35.6. The number of benzene rings is 9. The van der Waals surface area contributed by atoms with Crippen molar-refractivity contribution in [3.8, 4) is 56.7 Å². The van der Waals surface area contributed by atoms with E-state index in [0.717, 1.165) is 55.2 Å². The average molecular weight is 822 g/mol. The molecule has 0 saturated heterocycles. The highest BCUT2D eigenvalue weighted by Gasteiger charge is 2.24. The molecule has 0 bridgehead atoms. The number of nitrogens with zero attached hydrogens (tertiary/aromatic N) is 5. The normalized spacial score (nSPS) is 11.8. The van der Waals surface area contributed by atoms with E-state index >= 15 is 0 Å². The lowest BCUT2D eigenvalue weighted by molar-refractivity contribution is 0.953. The van der Waals surface area contributed by atoms with E-state index in [-0.39, 0.29) is 0 Å². The lowest BCUT2D eigenvalue weighted by Gasteiger charge is -2.17. The molecule has 0 amide bonds. The molecule has 4 aromatic heterocycles. The number of hydrogen-bond acceptors (Lipinski definition) is 4. The molecule has 0 aliphatic rings. The summed E-state index contributed by atoms with van der Waals surface area (Å²) in [7, 11) is 0. The molecule has 5 nitrogen and oxygen atoms in total. The maximum atomic E-state index is 5.26. The monoisotopic (exact) mass is 821 g/mol. The van der Waals surface area contributed by atoms with Gasteiger partial charge >= 0.3 is 0 Å². The molecule has 4 heterocycles. The lowest BCUT2D eigenvalue weighted by atomic mass is 9.91. The van der Waals surface area contributed by atoms with Gasteiger partial charge in [0.1, 0.15) is 0 Å². The van der Waals surface area contributed by atoms with Crippen LogP contribution >= 0.6 is 11.3 Å². The van der Waals surface area contributed by atoms with Gasteiger partial charge in [-0.3, -0.25) is 4.57 Å². The summed E-state index contributed by atoms with van der Waals surface area (Å²) in [5.74, 6) is 1.81. The van der Waals surface area contributed by atoms with E-state index in [1.165, 1.54) is 47.7 Å². The highest BCUT2D eigenvalue weighted by molar-refractivity contribution is 7.26. The number of rotatable bonds is 6.